The number of pyridine rings is 1. The highest BCUT2D eigenvalue weighted by Gasteiger charge is 2.35. The van der Waals surface area contributed by atoms with Gasteiger partial charge in [-0.15, -0.1) is 24.8 Å². The zero-order valence-electron chi connectivity index (χ0n) is 11.7. The van der Waals surface area contributed by atoms with Crippen LogP contribution in [0.3, 0.4) is 0 Å². The van der Waals surface area contributed by atoms with E-state index in [1.54, 1.807) is 12.4 Å². The smallest absolute Gasteiger partial charge is 0.240 e. The lowest BCUT2D eigenvalue weighted by atomic mass is 9.81. The second kappa shape index (κ2) is 8.45. The molecule has 1 amide bonds. The van der Waals surface area contributed by atoms with Gasteiger partial charge in [-0.05, 0) is 31.4 Å². The number of nitrogens with one attached hydrogen (secondary N) is 1. The minimum atomic E-state index is -0.672. The Kier molecular flexibility index (Phi) is 8.09. The van der Waals surface area contributed by atoms with Crippen LogP contribution in [0.15, 0.2) is 24.5 Å². The summed E-state index contributed by atoms with van der Waals surface area (Å²) in [7, 11) is 0. The molecule has 1 aromatic rings. The summed E-state index contributed by atoms with van der Waals surface area (Å²) in [4.78, 5) is 16.3. The van der Waals surface area contributed by atoms with Crippen LogP contribution in [0.4, 0.5) is 0 Å². The largest absolute Gasteiger partial charge is 0.348 e. The zero-order valence-corrected chi connectivity index (χ0v) is 13.3. The SMILES string of the molecule is C[C@H](NC(=O)C1(N)CCCCC1)c1cccnc1.Cl.Cl. The van der Waals surface area contributed by atoms with Crippen LogP contribution in [0.25, 0.3) is 0 Å². The van der Waals surface area contributed by atoms with Gasteiger partial charge in [0.25, 0.3) is 0 Å². The van der Waals surface area contributed by atoms with E-state index in [1.807, 2.05) is 19.1 Å². The van der Waals surface area contributed by atoms with E-state index in [0.717, 1.165) is 31.2 Å². The van der Waals surface area contributed by atoms with Gasteiger partial charge in [0.05, 0.1) is 11.6 Å². The van der Waals surface area contributed by atoms with Gasteiger partial charge in [0.2, 0.25) is 5.91 Å². The molecule has 0 bridgehead atoms. The lowest BCUT2D eigenvalue weighted by Crippen LogP contribution is -2.55. The standard InChI is InChI=1S/C14H21N3O.2ClH/c1-11(12-6-5-9-16-10-12)17-13(18)14(15)7-3-2-4-8-14;;/h5-6,9-11H,2-4,7-8,15H2,1H3,(H,17,18);2*1H/t11-;;/m0../s1. The predicted molar refractivity (Wildman–Crippen MR) is 85.3 cm³/mol. The highest BCUT2D eigenvalue weighted by Crippen LogP contribution is 2.26. The minimum Gasteiger partial charge on any atom is -0.348 e. The van der Waals surface area contributed by atoms with E-state index in [4.69, 9.17) is 5.73 Å². The van der Waals surface area contributed by atoms with E-state index in [9.17, 15) is 4.79 Å². The quantitative estimate of drug-likeness (QED) is 0.900. The van der Waals surface area contributed by atoms with E-state index >= 15 is 0 Å². The molecular weight excluding hydrogens is 297 g/mol. The number of nitrogens with two attached hydrogens (primary N) is 1. The van der Waals surface area contributed by atoms with Gasteiger partial charge in [0.1, 0.15) is 0 Å². The number of rotatable bonds is 3. The third-order valence-corrected chi connectivity index (χ3v) is 3.73. The first-order valence-corrected chi connectivity index (χ1v) is 6.62. The third-order valence-electron chi connectivity index (χ3n) is 3.73. The van der Waals surface area contributed by atoms with Crippen molar-refractivity contribution in [3.63, 3.8) is 0 Å². The second-order valence-corrected chi connectivity index (χ2v) is 5.20. The molecule has 1 atom stereocenters. The first-order chi connectivity index (χ1) is 8.62. The Labute approximate surface area is 132 Å². The van der Waals surface area contributed by atoms with Gasteiger partial charge in [-0.2, -0.15) is 0 Å². The fraction of sp³-hybridized carbons (Fsp3) is 0.571. The monoisotopic (exact) mass is 319 g/mol. The molecule has 1 heterocycles. The summed E-state index contributed by atoms with van der Waals surface area (Å²) in [6.07, 6.45) is 8.36. The molecule has 20 heavy (non-hydrogen) atoms. The summed E-state index contributed by atoms with van der Waals surface area (Å²) in [5, 5.41) is 3.00. The number of amides is 1. The Hall–Kier alpha value is -0.840. The van der Waals surface area contributed by atoms with Gasteiger partial charge in [0, 0.05) is 12.4 Å². The maximum Gasteiger partial charge on any atom is 0.240 e. The van der Waals surface area contributed by atoms with Gasteiger partial charge in [0.15, 0.2) is 0 Å². The molecule has 1 aromatic heterocycles. The zero-order chi connectivity index (χ0) is 13.0. The molecule has 1 fully saturated rings. The fourth-order valence-electron chi connectivity index (χ4n) is 2.47. The molecule has 0 unspecified atom stereocenters. The molecule has 0 aliphatic heterocycles. The molecule has 0 radical (unpaired) electrons. The maximum absolute atomic E-state index is 12.2. The number of carbonyl (C=O) groups is 1. The Morgan fingerprint density at radius 1 is 1.35 bits per heavy atom. The number of nitrogens with zero attached hydrogens (tertiary/aromatic N) is 1. The molecule has 114 valence electrons. The number of hydrogen-bond acceptors (Lipinski definition) is 3. The van der Waals surface area contributed by atoms with Crippen molar-refractivity contribution in [1.82, 2.24) is 10.3 Å². The summed E-state index contributed by atoms with van der Waals surface area (Å²) in [5.41, 5.74) is 6.53. The van der Waals surface area contributed by atoms with E-state index in [2.05, 4.69) is 10.3 Å². The predicted octanol–water partition coefficient (Wildman–Crippen LogP) is 2.76. The van der Waals surface area contributed by atoms with Crippen molar-refractivity contribution in [3.8, 4) is 0 Å². The van der Waals surface area contributed by atoms with Gasteiger partial charge in [-0.3, -0.25) is 9.78 Å². The molecule has 0 aromatic carbocycles. The number of hydrogen-bond donors (Lipinski definition) is 2. The summed E-state index contributed by atoms with van der Waals surface area (Å²) >= 11 is 0. The highest BCUT2D eigenvalue weighted by molar-refractivity contribution is 5.86. The van der Waals surface area contributed by atoms with Crippen molar-refractivity contribution in [1.29, 1.82) is 0 Å². The van der Waals surface area contributed by atoms with Crippen molar-refractivity contribution >= 4 is 30.7 Å². The van der Waals surface area contributed by atoms with E-state index in [0.29, 0.717) is 0 Å². The topological polar surface area (TPSA) is 68.0 Å². The van der Waals surface area contributed by atoms with Gasteiger partial charge in [-0.1, -0.05) is 25.3 Å². The van der Waals surface area contributed by atoms with Gasteiger partial charge >= 0.3 is 0 Å². The Bertz CT molecular complexity index is 408. The molecule has 1 aliphatic carbocycles. The number of halogens is 2. The average Bonchev–Trinajstić information content (AvgIpc) is 2.40. The molecule has 0 spiro atoms. The number of aromatic nitrogens is 1. The second-order valence-electron chi connectivity index (χ2n) is 5.20. The minimum absolute atomic E-state index is 0. The summed E-state index contributed by atoms with van der Waals surface area (Å²) < 4.78 is 0. The Morgan fingerprint density at radius 3 is 2.55 bits per heavy atom. The van der Waals surface area contributed by atoms with Gasteiger partial charge in [-0.25, -0.2) is 0 Å². The van der Waals surface area contributed by atoms with Crippen molar-refractivity contribution in [2.45, 2.75) is 50.6 Å². The van der Waals surface area contributed by atoms with Crippen LogP contribution in [0.5, 0.6) is 0 Å². The van der Waals surface area contributed by atoms with Crippen LogP contribution in [-0.2, 0) is 4.79 Å². The average molecular weight is 320 g/mol. The van der Waals surface area contributed by atoms with E-state index in [1.165, 1.54) is 6.42 Å². The molecule has 1 aliphatic rings. The van der Waals surface area contributed by atoms with Crippen molar-refractivity contribution in [2.24, 2.45) is 5.73 Å². The molecule has 4 nitrogen and oxygen atoms in total. The first kappa shape index (κ1) is 19.2. The Morgan fingerprint density at radius 2 is 2.00 bits per heavy atom. The van der Waals surface area contributed by atoms with Gasteiger partial charge < -0.3 is 11.1 Å². The van der Waals surface area contributed by atoms with Crippen LogP contribution in [0, 0.1) is 0 Å². The fourth-order valence-corrected chi connectivity index (χ4v) is 2.47. The van der Waals surface area contributed by atoms with Crippen LogP contribution in [0.2, 0.25) is 0 Å². The first-order valence-electron chi connectivity index (χ1n) is 6.62. The van der Waals surface area contributed by atoms with Crippen LogP contribution >= 0.6 is 24.8 Å². The molecular formula is C14H23Cl2N3O. The molecule has 2 rings (SSSR count). The maximum atomic E-state index is 12.2. The molecule has 0 saturated heterocycles. The molecule has 1 saturated carbocycles. The van der Waals surface area contributed by atoms with Crippen LogP contribution in [-0.4, -0.2) is 16.4 Å². The third kappa shape index (κ3) is 4.62. The van der Waals surface area contributed by atoms with Crippen LogP contribution in [0.1, 0.15) is 50.6 Å². The molecule has 3 N–H and O–H groups in total. The van der Waals surface area contributed by atoms with Crippen molar-refractivity contribution < 1.29 is 4.79 Å². The molecule has 6 heteroatoms. The lowest BCUT2D eigenvalue weighted by Gasteiger charge is -2.33. The van der Waals surface area contributed by atoms with E-state index in [-0.39, 0.29) is 36.8 Å². The summed E-state index contributed by atoms with van der Waals surface area (Å²) in [5.74, 6) is -0.0291. The lowest BCUT2D eigenvalue weighted by molar-refractivity contribution is -0.128. The normalized spacial score (nSPS) is 18.1. The number of carbonyl (C=O) groups excluding carboxylic acids is 1. The van der Waals surface area contributed by atoms with Crippen LogP contribution < -0.4 is 11.1 Å². The summed E-state index contributed by atoms with van der Waals surface area (Å²) in [6.45, 7) is 1.96. The summed E-state index contributed by atoms with van der Waals surface area (Å²) in [6, 6.07) is 3.78. The Balaban J connectivity index is 0.00000180. The van der Waals surface area contributed by atoms with Crippen molar-refractivity contribution in [3.05, 3.63) is 30.1 Å². The highest BCUT2D eigenvalue weighted by atomic mass is 35.5. The van der Waals surface area contributed by atoms with Crippen molar-refractivity contribution in [2.75, 3.05) is 0 Å². The van der Waals surface area contributed by atoms with E-state index < -0.39 is 5.54 Å².